The number of pyridine rings is 1. The Bertz CT molecular complexity index is 613. The number of anilines is 2. The largest absolute Gasteiger partial charge is 0.462 e. The molecule has 0 aliphatic rings. The molecule has 20 heavy (non-hydrogen) atoms. The van der Waals surface area contributed by atoms with Gasteiger partial charge >= 0.3 is 5.97 Å². The van der Waals surface area contributed by atoms with E-state index >= 15 is 0 Å². The average molecular weight is 293 g/mol. The zero-order valence-corrected chi connectivity index (χ0v) is 11.8. The van der Waals surface area contributed by atoms with E-state index in [0.29, 0.717) is 23.8 Å². The van der Waals surface area contributed by atoms with Gasteiger partial charge in [-0.15, -0.1) is 0 Å². The Morgan fingerprint density at radius 1 is 1.35 bits per heavy atom. The van der Waals surface area contributed by atoms with Crippen molar-refractivity contribution in [2.24, 2.45) is 0 Å². The van der Waals surface area contributed by atoms with Crippen LogP contribution in [-0.2, 0) is 4.74 Å². The molecule has 0 saturated heterocycles. The van der Waals surface area contributed by atoms with Crippen molar-refractivity contribution in [2.75, 3.05) is 11.9 Å². The van der Waals surface area contributed by atoms with Gasteiger partial charge in [0.2, 0.25) is 5.28 Å². The molecule has 0 aliphatic heterocycles. The summed E-state index contributed by atoms with van der Waals surface area (Å²) in [4.78, 5) is 23.7. The Morgan fingerprint density at radius 2 is 2.15 bits per heavy atom. The fourth-order valence-corrected chi connectivity index (χ4v) is 1.79. The Morgan fingerprint density at radius 3 is 2.85 bits per heavy atom. The number of hydrogen-bond donors (Lipinski definition) is 1. The van der Waals surface area contributed by atoms with Gasteiger partial charge in [-0.25, -0.2) is 19.7 Å². The van der Waals surface area contributed by atoms with Gasteiger partial charge in [-0.1, -0.05) is 0 Å². The standard InChI is InChI=1S/C13H13ClN4O2/c1-3-20-12(19)9-4-5-15-10(7-9)17-11-6-8(2)16-13(14)18-11/h4-7H,3H2,1-2H3,(H,15,16,17,18). The zero-order valence-electron chi connectivity index (χ0n) is 11.1. The van der Waals surface area contributed by atoms with Gasteiger partial charge in [-0.3, -0.25) is 0 Å². The van der Waals surface area contributed by atoms with Gasteiger partial charge in [0.25, 0.3) is 0 Å². The monoisotopic (exact) mass is 292 g/mol. The van der Waals surface area contributed by atoms with E-state index in [-0.39, 0.29) is 5.28 Å². The highest BCUT2D eigenvalue weighted by atomic mass is 35.5. The lowest BCUT2D eigenvalue weighted by molar-refractivity contribution is 0.0526. The van der Waals surface area contributed by atoms with Gasteiger partial charge in [-0.2, -0.15) is 0 Å². The zero-order chi connectivity index (χ0) is 14.5. The number of aryl methyl sites for hydroxylation is 1. The number of nitrogens with one attached hydrogen (secondary N) is 1. The lowest BCUT2D eigenvalue weighted by Gasteiger charge is -2.07. The van der Waals surface area contributed by atoms with Crippen molar-refractivity contribution < 1.29 is 9.53 Å². The molecule has 104 valence electrons. The molecule has 0 aromatic carbocycles. The number of esters is 1. The predicted octanol–water partition coefficient (Wildman–Crippen LogP) is 2.75. The van der Waals surface area contributed by atoms with Crippen molar-refractivity contribution >= 4 is 29.2 Å². The summed E-state index contributed by atoms with van der Waals surface area (Å²) >= 11 is 5.78. The minimum atomic E-state index is -0.394. The van der Waals surface area contributed by atoms with E-state index in [4.69, 9.17) is 16.3 Å². The van der Waals surface area contributed by atoms with E-state index < -0.39 is 5.97 Å². The number of rotatable bonds is 4. The lowest BCUT2D eigenvalue weighted by Crippen LogP contribution is -2.06. The molecule has 0 amide bonds. The van der Waals surface area contributed by atoms with Crippen molar-refractivity contribution in [3.63, 3.8) is 0 Å². The number of aromatic nitrogens is 3. The van der Waals surface area contributed by atoms with Crippen LogP contribution >= 0.6 is 11.6 Å². The van der Waals surface area contributed by atoms with Crippen molar-refractivity contribution in [3.8, 4) is 0 Å². The van der Waals surface area contributed by atoms with Crippen molar-refractivity contribution in [2.45, 2.75) is 13.8 Å². The van der Waals surface area contributed by atoms with Gasteiger partial charge in [0.05, 0.1) is 12.2 Å². The first-order chi connectivity index (χ1) is 9.58. The summed E-state index contributed by atoms with van der Waals surface area (Å²) < 4.78 is 4.93. The van der Waals surface area contributed by atoms with Crippen LogP contribution < -0.4 is 5.32 Å². The van der Waals surface area contributed by atoms with Crippen molar-refractivity contribution in [3.05, 3.63) is 40.9 Å². The van der Waals surface area contributed by atoms with E-state index in [1.165, 1.54) is 6.20 Å². The number of ether oxygens (including phenoxy) is 1. The molecule has 2 aromatic heterocycles. The first kappa shape index (κ1) is 14.2. The van der Waals surface area contributed by atoms with Crippen LogP contribution in [0.5, 0.6) is 0 Å². The van der Waals surface area contributed by atoms with Crippen LogP contribution in [0.15, 0.2) is 24.4 Å². The first-order valence-electron chi connectivity index (χ1n) is 6.00. The summed E-state index contributed by atoms with van der Waals surface area (Å²) in [6.07, 6.45) is 1.52. The van der Waals surface area contributed by atoms with Crippen molar-refractivity contribution in [1.82, 2.24) is 15.0 Å². The number of halogens is 1. The predicted molar refractivity (Wildman–Crippen MR) is 75.3 cm³/mol. The normalized spacial score (nSPS) is 10.2. The first-order valence-corrected chi connectivity index (χ1v) is 6.37. The quantitative estimate of drug-likeness (QED) is 0.690. The second kappa shape index (κ2) is 6.29. The summed E-state index contributed by atoms with van der Waals surface area (Å²) in [6, 6.07) is 4.90. The highest BCUT2D eigenvalue weighted by molar-refractivity contribution is 6.28. The van der Waals surface area contributed by atoms with Crippen LogP contribution in [-0.4, -0.2) is 27.5 Å². The van der Waals surface area contributed by atoms with Crippen molar-refractivity contribution in [1.29, 1.82) is 0 Å². The Hall–Kier alpha value is -2.21. The topological polar surface area (TPSA) is 77.0 Å². The molecule has 2 rings (SSSR count). The van der Waals surface area contributed by atoms with E-state index in [9.17, 15) is 4.79 Å². The Kier molecular flexibility index (Phi) is 4.47. The summed E-state index contributed by atoms with van der Waals surface area (Å²) in [5.41, 5.74) is 1.15. The molecule has 0 bridgehead atoms. The molecule has 0 atom stereocenters. The van der Waals surface area contributed by atoms with Crippen LogP contribution in [0.3, 0.4) is 0 Å². The molecule has 7 heteroatoms. The van der Waals surface area contributed by atoms with E-state index in [1.807, 2.05) is 0 Å². The minimum Gasteiger partial charge on any atom is -0.462 e. The minimum absolute atomic E-state index is 0.147. The Balaban J connectivity index is 2.21. The van der Waals surface area contributed by atoms with E-state index in [1.54, 1.807) is 32.0 Å². The molecule has 0 saturated carbocycles. The van der Waals surface area contributed by atoms with Gasteiger partial charge in [0.1, 0.15) is 11.6 Å². The molecular formula is C13H13ClN4O2. The van der Waals surface area contributed by atoms with E-state index in [2.05, 4.69) is 20.3 Å². The van der Waals surface area contributed by atoms with E-state index in [0.717, 1.165) is 5.69 Å². The van der Waals surface area contributed by atoms with Crippen LogP contribution in [0, 0.1) is 6.92 Å². The summed E-state index contributed by atoms with van der Waals surface area (Å²) in [5.74, 6) is 0.593. The third-order valence-corrected chi connectivity index (χ3v) is 2.52. The fourth-order valence-electron chi connectivity index (χ4n) is 1.57. The third kappa shape index (κ3) is 3.64. The van der Waals surface area contributed by atoms with Crippen LogP contribution in [0.25, 0.3) is 0 Å². The maximum atomic E-state index is 11.6. The highest BCUT2D eigenvalue weighted by Gasteiger charge is 2.08. The second-order valence-electron chi connectivity index (χ2n) is 3.94. The average Bonchev–Trinajstić information content (AvgIpc) is 2.38. The number of carbonyl (C=O) groups is 1. The number of carbonyl (C=O) groups excluding carboxylic acids is 1. The highest BCUT2D eigenvalue weighted by Crippen LogP contribution is 2.16. The summed E-state index contributed by atoms with van der Waals surface area (Å²) in [7, 11) is 0. The smallest absolute Gasteiger partial charge is 0.338 e. The molecule has 1 N–H and O–H groups in total. The second-order valence-corrected chi connectivity index (χ2v) is 4.28. The number of nitrogens with zero attached hydrogens (tertiary/aromatic N) is 3. The molecule has 6 nitrogen and oxygen atoms in total. The molecule has 0 radical (unpaired) electrons. The number of hydrogen-bond acceptors (Lipinski definition) is 6. The SMILES string of the molecule is CCOC(=O)c1ccnc(Nc2cc(C)nc(Cl)n2)c1. The molecule has 0 fully saturated rings. The van der Waals surface area contributed by atoms with Crippen LogP contribution in [0.4, 0.5) is 11.6 Å². The molecular weight excluding hydrogens is 280 g/mol. The van der Waals surface area contributed by atoms with Crippen LogP contribution in [0.1, 0.15) is 23.0 Å². The fraction of sp³-hybridized carbons (Fsp3) is 0.231. The molecule has 2 heterocycles. The van der Waals surface area contributed by atoms with Gasteiger partial charge in [0.15, 0.2) is 0 Å². The maximum absolute atomic E-state index is 11.6. The van der Waals surface area contributed by atoms with Crippen LogP contribution in [0.2, 0.25) is 5.28 Å². The molecule has 2 aromatic rings. The molecule has 0 unspecified atom stereocenters. The Labute approximate surface area is 121 Å². The third-order valence-electron chi connectivity index (χ3n) is 2.35. The molecule has 0 aliphatic carbocycles. The molecule has 0 spiro atoms. The lowest BCUT2D eigenvalue weighted by atomic mass is 10.2. The maximum Gasteiger partial charge on any atom is 0.338 e. The van der Waals surface area contributed by atoms with Gasteiger partial charge in [-0.05, 0) is 37.6 Å². The van der Waals surface area contributed by atoms with Gasteiger partial charge in [0, 0.05) is 18.0 Å². The van der Waals surface area contributed by atoms with Gasteiger partial charge < -0.3 is 10.1 Å². The summed E-state index contributed by atoms with van der Waals surface area (Å²) in [6.45, 7) is 3.88. The summed E-state index contributed by atoms with van der Waals surface area (Å²) in [5, 5.41) is 3.12.